The monoisotopic (exact) mass is 256 g/mol. The summed E-state index contributed by atoms with van der Waals surface area (Å²) in [5.74, 6) is 0.314. The molecule has 96 valence electrons. The van der Waals surface area contributed by atoms with Gasteiger partial charge >= 0.3 is 0 Å². The molecule has 19 heavy (non-hydrogen) atoms. The Morgan fingerprint density at radius 3 is 2.84 bits per heavy atom. The summed E-state index contributed by atoms with van der Waals surface area (Å²) in [5.41, 5.74) is 9.29. The fourth-order valence-electron chi connectivity index (χ4n) is 1.89. The van der Waals surface area contributed by atoms with E-state index in [-0.39, 0.29) is 5.82 Å². The summed E-state index contributed by atoms with van der Waals surface area (Å²) >= 11 is 0. The predicted molar refractivity (Wildman–Crippen MR) is 74.9 cm³/mol. The molecule has 0 fully saturated rings. The number of halogens is 1. The van der Waals surface area contributed by atoms with Gasteiger partial charge in [-0.25, -0.2) is 9.37 Å². The van der Waals surface area contributed by atoms with Crippen molar-refractivity contribution in [2.75, 3.05) is 11.1 Å². The first-order valence-electron chi connectivity index (χ1n) is 5.90. The molecule has 0 radical (unpaired) electrons. The van der Waals surface area contributed by atoms with Crippen LogP contribution in [0.1, 0.15) is 5.56 Å². The third-order valence-electron chi connectivity index (χ3n) is 2.94. The van der Waals surface area contributed by atoms with Crippen LogP contribution in [0.4, 0.5) is 21.7 Å². The van der Waals surface area contributed by atoms with Gasteiger partial charge < -0.3 is 16.0 Å². The van der Waals surface area contributed by atoms with E-state index in [1.807, 2.05) is 12.1 Å². The van der Waals surface area contributed by atoms with Gasteiger partial charge in [0.05, 0.1) is 11.0 Å². The minimum absolute atomic E-state index is 0.245. The molecule has 0 amide bonds. The SMILES string of the molecule is Cc1ccc(Nc2nc3ccc(N)cc3[nH]2)cc1F. The molecular formula is C14H13FN4. The van der Waals surface area contributed by atoms with Crippen LogP contribution in [0.15, 0.2) is 36.4 Å². The number of rotatable bonds is 2. The van der Waals surface area contributed by atoms with Gasteiger partial charge in [-0.05, 0) is 42.8 Å². The third-order valence-corrected chi connectivity index (χ3v) is 2.94. The minimum Gasteiger partial charge on any atom is -0.399 e. The second kappa shape index (κ2) is 4.28. The highest BCUT2D eigenvalue weighted by Gasteiger charge is 2.04. The highest BCUT2D eigenvalue weighted by molar-refractivity contribution is 5.81. The quantitative estimate of drug-likeness (QED) is 0.616. The standard InChI is InChI=1S/C14H13FN4/c1-8-2-4-10(7-11(8)15)17-14-18-12-5-3-9(16)6-13(12)19-14/h2-7H,16H2,1H3,(H2,17,18,19). The largest absolute Gasteiger partial charge is 0.399 e. The number of hydrogen-bond donors (Lipinski definition) is 3. The van der Waals surface area contributed by atoms with Crippen LogP contribution < -0.4 is 11.1 Å². The van der Waals surface area contributed by atoms with Crippen LogP contribution in [0.5, 0.6) is 0 Å². The van der Waals surface area contributed by atoms with Crippen LogP contribution in [0.25, 0.3) is 11.0 Å². The maximum absolute atomic E-state index is 13.5. The first-order valence-corrected chi connectivity index (χ1v) is 5.90. The molecule has 1 heterocycles. The number of imidazole rings is 1. The normalized spacial score (nSPS) is 10.8. The third kappa shape index (κ3) is 2.22. The van der Waals surface area contributed by atoms with Crippen molar-refractivity contribution < 1.29 is 4.39 Å². The number of nitrogens with one attached hydrogen (secondary N) is 2. The minimum atomic E-state index is -0.245. The first kappa shape index (κ1) is 11.5. The van der Waals surface area contributed by atoms with E-state index >= 15 is 0 Å². The number of nitrogens with zero attached hydrogens (tertiary/aromatic N) is 1. The van der Waals surface area contributed by atoms with Crippen molar-refractivity contribution in [1.29, 1.82) is 0 Å². The van der Waals surface area contributed by atoms with Gasteiger partial charge in [0.25, 0.3) is 0 Å². The Bertz CT molecular complexity index is 748. The van der Waals surface area contributed by atoms with Gasteiger partial charge in [0.1, 0.15) is 5.82 Å². The van der Waals surface area contributed by atoms with Crippen LogP contribution in [-0.4, -0.2) is 9.97 Å². The molecule has 4 N–H and O–H groups in total. The van der Waals surface area contributed by atoms with Gasteiger partial charge in [-0.1, -0.05) is 6.07 Å². The summed E-state index contributed by atoms with van der Waals surface area (Å²) in [4.78, 5) is 7.45. The maximum Gasteiger partial charge on any atom is 0.205 e. The van der Waals surface area contributed by atoms with E-state index in [1.54, 1.807) is 25.1 Å². The Hall–Kier alpha value is -2.56. The summed E-state index contributed by atoms with van der Waals surface area (Å²) in [6.45, 7) is 1.73. The second-order valence-corrected chi connectivity index (χ2v) is 4.45. The number of hydrogen-bond acceptors (Lipinski definition) is 3. The Labute approximate surface area is 109 Å². The summed E-state index contributed by atoms with van der Waals surface area (Å²) in [6, 6.07) is 10.4. The summed E-state index contributed by atoms with van der Waals surface area (Å²) < 4.78 is 13.5. The number of aryl methyl sites for hydroxylation is 1. The molecule has 0 spiro atoms. The van der Waals surface area contributed by atoms with Crippen molar-refractivity contribution in [1.82, 2.24) is 9.97 Å². The molecule has 1 aromatic heterocycles. The van der Waals surface area contributed by atoms with Gasteiger partial charge in [-0.15, -0.1) is 0 Å². The van der Waals surface area contributed by atoms with Gasteiger partial charge in [0.15, 0.2) is 0 Å². The van der Waals surface area contributed by atoms with Crippen molar-refractivity contribution in [3.63, 3.8) is 0 Å². The van der Waals surface area contributed by atoms with E-state index in [0.29, 0.717) is 22.9 Å². The lowest BCUT2D eigenvalue weighted by molar-refractivity contribution is 0.619. The molecular weight excluding hydrogens is 243 g/mol. The van der Waals surface area contributed by atoms with Gasteiger partial charge in [-0.2, -0.15) is 0 Å². The zero-order chi connectivity index (χ0) is 13.4. The first-order chi connectivity index (χ1) is 9.11. The number of H-pyrrole nitrogens is 1. The van der Waals surface area contributed by atoms with Crippen molar-refractivity contribution in [2.45, 2.75) is 6.92 Å². The zero-order valence-corrected chi connectivity index (χ0v) is 10.4. The van der Waals surface area contributed by atoms with Crippen molar-refractivity contribution in [2.24, 2.45) is 0 Å². The lowest BCUT2D eigenvalue weighted by atomic mass is 10.2. The highest BCUT2D eigenvalue weighted by atomic mass is 19.1. The van der Waals surface area contributed by atoms with Crippen LogP contribution in [0.3, 0.4) is 0 Å². The molecule has 0 bridgehead atoms. The fourth-order valence-corrected chi connectivity index (χ4v) is 1.89. The Morgan fingerprint density at radius 2 is 2.05 bits per heavy atom. The average Bonchev–Trinajstić information content (AvgIpc) is 2.75. The number of benzene rings is 2. The Balaban J connectivity index is 1.94. The smallest absolute Gasteiger partial charge is 0.205 e. The molecule has 3 aromatic rings. The zero-order valence-electron chi connectivity index (χ0n) is 10.4. The molecule has 0 aliphatic carbocycles. The fraction of sp³-hybridized carbons (Fsp3) is 0.0714. The van der Waals surface area contributed by atoms with E-state index in [2.05, 4.69) is 15.3 Å². The molecule has 0 atom stereocenters. The molecule has 0 saturated heterocycles. The van der Waals surface area contributed by atoms with Crippen LogP contribution in [0.2, 0.25) is 0 Å². The molecule has 2 aromatic carbocycles. The number of anilines is 3. The highest BCUT2D eigenvalue weighted by Crippen LogP contribution is 2.21. The van der Waals surface area contributed by atoms with E-state index in [1.165, 1.54) is 6.07 Å². The predicted octanol–water partition coefficient (Wildman–Crippen LogP) is 3.34. The van der Waals surface area contributed by atoms with Crippen LogP contribution in [-0.2, 0) is 0 Å². The summed E-state index contributed by atoms with van der Waals surface area (Å²) in [7, 11) is 0. The molecule has 0 saturated carbocycles. The molecule has 0 unspecified atom stereocenters. The molecule has 3 rings (SSSR count). The van der Waals surface area contributed by atoms with Crippen molar-refractivity contribution in [3.8, 4) is 0 Å². The topological polar surface area (TPSA) is 66.7 Å². The number of aromatic nitrogens is 2. The van der Waals surface area contributed by atoms with Gasteiger partial charge in [0.2, 0.25) is 5.95 Å². The number of fused-ring (bicyclic) bond motifs is 1. The van der Waals surface area contributed by atoms with Crippen molar-refractivity contribution >= 4 is 28.4 Å². The Kier molecular flexibility index (Phi) is 2.59. The number of nitrogen functional groups attached to an aromatic ring is 1. The van der Waals surface area contributed by atoms with E-state index in [4.69, 9.17) is 5.73 Å². The lowest BCUT2D eigenvalue weighted by Crippen LogP contribution is -1.93. The lowest BCUT2D eigenvalue weighted by Gasteiger charge is -2.03. The van der Waals surface area contributed by atoms with Gasteiger partial charge in [-0.3, -0.25) is 0 Å². The molecule has 0 aliphatic rings. The molecule has 4 nitrogen and oxygen atoms in total. The summed E-state index contributed by atoms with van der Waals surface area (Å²) in [5, 5.41) is 3.03. The Morgan fingerprint density at radius 1 is 1.21 bits per heavy atom. The van der Waals surface area contributed by atoms with E-state index in [9.17, 15) is 4.39 Å². The van der Waals surface area contributed by atoms with Gasteiger partial charge in [0, 0.05) is 11.4 Å². The van der Waals surface area contributed by atoms with Crippen LogP contribution >= 0.6 is 0 Å². The van der Waals surface area contributed by atoms with E-state index < -0.39 is 0 Å². The average molecular weight is 256 g/mol. The maximum atomic E-state index is 13.5. The van der Waals surface area contributed by atoms with Crippen molar-refractivity contribution in [3.05, 3.63) is 47.8 Å². The molecule has 5 heteroatoms. The summed E-state index contributed by atoms with van der Waals surface area (Å²) in [6.07, 6.45) is 0. The number of aromatic amines is 1. The number of nitrogens with two attached hydrogens (primary N) is 1. The van der Waals surface area contributed by atoms with E-state index in [0.717, 1.165) is 11.0 Å². The van der Waals surface area contributed by atoms with Crippen LogP contribution in [0, 0.1) is 12.7 Å². The second-order valence-electron chi connectivity index (χ2n) is 4.45. The molecule has 0 aliphatic heterocycles.